The van der Waals surface area contributed by atoms with Crippen LogP contribution in [0.1, 0.15) is 65.9 Å². The van der Waals surface area contributed by atoms with Gasteiger partial charge in [-0.25, -0.2) is 13.8 Å². The summed E-state index contributed by atoms with van der Waals surface area (Å²) in [7, 11) is -2.32. The van der Waals surface area contributed by atoms with Gasteiger partial charge in [-0.15, -0.1) is 0 Å². The first-order valence-electron chi connectivity index (χ1n) is 13.5. The lowest BCUT2D eigenvalue weighted by atomic mass is 9.92. The van der Waals surface area contributed by atoms with Crippen molar-refractivity contribution in [1.29, 1.82) is 4.78 Å². The van der Waals surface area contributed by atoms with Crippen molar-refractivity contribution in [3.8, 4) is 16.9 Å². The molecule has 0 aliphatic rings. The Labute approximate surface area is 246 Å². The van der Waals surface area contributed by atoms with Crippen LogP contribution in [0.2, 0.25) is 0 Å². The van der Waals surface area contributed by atoms with Gasteiger partial charge in [0.05, 0.1) is 13.0 Å². The molecule has 0 aliphatic carbocycles. The Morgan fingerprint density at radius 3 is 1.98 bits per heavy atom. The summed E-state index contributed by atoms with van der Waals surface area (Å²) in [5, 5.41) is 2.38. The predicted octanol–water partition coefficient (Wildman–Crippen LogP) is 7.07. The van der Waals surface area contributed by atoms with Gasteiger partial charge in [0.15, 0.2) is 0 Å². The molecular formula is C30H41F3N2O6S. The number of halogens is 3. The molecular weight excluding hydrogens is 573 g/mol. The van der Waals surface area contributed by atoms with Crippen LogP contribution < -0.4 is 10.1 Å². The Morgan fingerprint density at radius 2 is 1.45 bits per heavy atom. The summed E-state index contributed by atoms with van der Waals surface area (Å²) >= 11 is 0. The normalized spacial score (nSPS) is 15.2. The van der Waals surface area contributed by atoms with Crippen molar-refractivity contribution in [2.45, 2.75) is 83.7 Å². The van der Waals surface area contributed by atoms with Crippen LogP contribution in [0, 0.1) is 4.78 Å². The molecule has 2 rings (SSSR count). The molecule has 0 saturated heterocycles. The zero-order valence-corrected chi connectivity index (χ0v) is 25.9. The van der Waals surface area contributed by atoms with Gasteiger partial charge in [0, 0.05) is 26.8 Å². The summed E-state index contributed by atoms with van der Waals surface area (Å²) in [5.74, 6) is -3.87. The molecule has 2 aromatic rings. The molecule has 0 heterocycles. The number of esters is 1. The Balaban J connectivity index is 2.22. The number of benzene rings is 2. The first-order chi connectivity index (χ1) is 19.2. The summed E-state index contributed by atoms with van der Waals surface area (Å²) in [6.45, 7) is 9.77. The van der Waals surface area contributed by atoms with Crippen molar-refractivity contribution < 1.29 is 41.2 Å². The second-order valence-electron chi connectivity index (χ2n) is 11.9. The molecule has 0 fully saturated rings. The van der Waals surface area contributed by atoms with Crippen LogP contribution in [0.15, 0.2) is 48.5 Å². The molecule has 0 spiro atoms. The Hall–Kier alpha value is -3.28. The Bertz CT molecular complexity index is 1320. The lowest BCUT2D eigenvalue weighted by molar-refractivity contribution is -0.157. The smallest absolute Gasteiger partial charge is 0.408 e. The molecule has 2 N–H and O–H groups in total. The van der Waals surface area contributed by atoms with Crippen LogP contribution in [-0.4, -0.2) is 58.3 Å². The first-order valence-corrected chi connectivity index (χ1v) is 15.4. The number of nitrogens with one attached hydrogen (secondary N) is 2. The number of hydrogen-bond acceptors (Lipinski definition) is 7. The second-order valence-corrected chi connectivity index (χ2v) is 14.4. The van der Waals surface area contributed by atoms with Gasteiger partial charge in [-0.05, 0) is 71.6 Å². The minimum atomic E-state index is -4.70. The van der Waals surface area contributed by atoms with Crippen molar-refractivity contribution in [3.05, 3.63) is 54.1 Å². The second kappa shape index (κ2) is 13.8. The van der Waals surface area contributed by atoms with Crippen LogP contribution in [0.3, 0.4) is 0 Å². The zero-order chi connectivity index (χ0) is 31.9. The number of methoxy groups -OCH3 is 1. The number of carbonyl (C=O) groups excluding carboxylic acids is 2. The van der Waals surface area contributed by atoms with E-state index >= 15 is 0 Å². The number of ether oxygens (including phenoxy) is 3. The zero-order valence-electron chi connectivity index (χ0n) is 25.1. The largest absolute Gasteiger partial charge is 0.496 e. The van der Waals surface area contributed by atoms with E-state index in [1.807, 2.05) is 30.3 Å². The van der Waals surface area contributed by atoms with Gasteiger partial charge < -0.3 is 19.5 Å². The van der Waals surface area contributed by atoms with Gasteiger partial charge in [-0.3, -0.25) is 4.78 Å². The molecule has 42 heavy (non-hydrogen) atoms. The summed E-state index contributed by atoms with van der Waals surface area (Å²) in [4.78, 5) is 25.1. The maximum Gasteiger partial charge on any atom is 0.408 e. The quantitative estimate of drug-likeness (QED) is 0.262. The molecule has 0 bridgehead atoms. The Kier molecular flexibility index (Phi) is 11.5. The van der Waals surface area contributed by atoms with Gasteiger partial charge >= 0.3 is 18.2 Å². The third-order valence-corrected chi connectivity index (χ3v) is 7.76. The number of hydrogen-bond donors (Lipinski definition) is 2. The Morgan fingerprint density at radius 1 is 0.881 bits per heavy atom. The van der Waals surface area contributed by atoms with Gasteiger partial charge in [0.1, 0.15) is 23.0 Å². The molecule has 0 aromatic heterocycles. The van der Waals surface area contributed by atoms with Gasteiger partial charge in [0.25, 0.3) is 0 Å². The third-order valence-electron chi connectivity index (χ3n) is 5.97. The van der Waals surface area contributed by atoms with Gasteiger partial charge in [0.2, 0.25) is 0 Å². The minimum Gasteiger partial charge on any atom is -0.496 e. The van der Waals surface area contributed by atoms with Crippen molar-refractivity contribution in [2.24, 2.45) is 0 Å². The fourth-order valence-electron chi connectivity index (χ4n) is 4.09. The van der Waals surface area contributed by atoms with E-state index in [9.17, 15) is 27.0 Å². The van der Waals surface area contributed by atoms with Crippen molar-refractivity contribution in [1.82, 2.24) is 5.32 Å². The maximum atomic E-state index is 14.2. The molecule has 234 valence electrons. The van der Waals surface area contributed by atoms with Crippen molar-refractivity contribution >= 4 is 21.8 Å². The molecule has 12 heteroatoms. The number of amides is 1. The van der Waals surface area contributed by atoms with Crippen molar-refractivity contribution in [2.75, 3.05) is 18.6 Å². The number of rotatable bonds is 11. The molecule has 3 atom stereocenters. The van der Waals surface area contributed by atoms with Crippen LogP contribution in [-0.2, 0) is 24.0 Å². The summed E-state index contributed by atoms with van der Waals surface area (Å²) in [6.07, 6.45) is -6.54. The summed E-state index contributed by atoms with van der Waals surface area (Å²) in [6, 6.07) is 12.2. The maximum absolute atomic E-state index is 14.2. The van der Waals surface area contributed by atoms with E-state index in [4.69, 9.17) is 19.0 Å². The topological polar surface area (TPSA) is 115 Å². The van der Waals surface area contributed by atoms with Gasteiger partial charge in [-0.1, -0.05) is 42.5 Å². The van der Waals surface area contributed by atoms with Crippen LogP contribution in [0.5, 0.6) is 5.75 Å². The fraction of sp³-hybridized carbons (Fsp3) is 0.533. The van der Waals surface area contributed by atoms with E-state index in [2.05, 4.69) is 5.32 Å². The average molecular weight is 615 g/mol. The highest BCUT2D eigenvalue weighted by Crippen LogP contribution is 2.43. The highest BCUT2D eigenvalue weighted by atomic mass is 32.2. The molecule has 0 radical (unpaired) electrons. The number of alkyl halides is 3. The summed E-state index contributed by atoms with van der Waals surface area (Å²) in [5.41, 5.74) is -0.411. The standard InChI is InChI=1S/C30H41F3N2O6S/c1-28(2,3)40-26(36)24(35-27(37)41-29(4,5)6)16-18-42(34,38)17-15-23(30(31,32)33)22-14-13-21(19-25(22)39-7)20-11-9-8-10-12-20/h8-14,19,23-24,34H,15-18H2,1-7H3,(H,35,37)/t23?,24-,42?/m0/s1. The molecule has 2 aromatic carbocycles. The molecule has 2 unspecified atom stereocenters. The van der Waals surface area contributed by atoms with E-state index in [1.165, 1.54) is 19.2 Å². The van der Waals surface area contributed by atoms with Crippen molar-refractivity contribution in [3.63, 3.8) is 0 Å². The van der Waals surface area contributed by atoms with E-state index in [-0.39, 0.29) is 17.7 Å². The predicted molar refractivity (Wildman–Crippen MR) is 156 cm³/mol. The van der Waals surface area contributed by atoms with E-state index < -0.39 is 69.1 Å². The lowest BCUT2D eigenvalue weighted by Crippen LogP contribution is -2.46. The SMILES string of the molecule is COc1cc(-c2ccccc2)ccc1C(CCS(=N)(=O)CC[C@H](NC(=O)OC(C)(C)C)C(=O)OC(C)(C)C)C(F)(F)F. The minimum absolute atomic E-state index is 0.0294. The first kappa shape index (κ1) is 34.9. The third kappa shape index (κ3) is 11.5. The van der Waals surface area contributed by atoms with E-state index in [0.29, 0.717) is 5.56 Å². The van der Waals surface area contributed by atoms with Crippen LogP contribution in [0.4, 0.5) is 18.0 Å². The molecule has 8 nitrogen and oxygen atoms in total. The lowest BCUT2D eigenvalue weighted by Gasteiger charge is -2.26. The number of alkyl carbamates (subject to hydrolysis) is 1. The van der Waals surface area contributed by atoms with Crippen LogP contribution in [0.25, 0.3) is 11.1 Å². The summed E-state index contributed by atoms with van der Waals surface area (Å²) < 4.78 is 80.0. The fourth-order valence-corrected chi connectivity index (χ4v) is 5.53. The highest BCUT2D eigenvalue weighted by Gasteiger charge is 2.42. The molecule has 0 saturated carbocycles. The van der Waals surface area contributed by atoms with E-state index in [1.54, 1.807) is 47.6 Å². The van der Waals surface area contributed by atoms with E-state index in [0.717, 1.165) is 5.56 Å². The number of carbonyl (C=O) groups is 2. The molecule has 0 aliphatic heterocycles. The van der Waals surface area contributed by atoms with Crippen LogP contribution >= 0.6 is 0 Å². The molecule has 1 amide bonds. The average Bonchev–Trinajstić information content (AvgIpc) is 2.84. The van der Waals surface area contributed by atoms with Gasteiger partial charge in [-0.2, -0.15) is 13.2 Å². The monoisotopic (exact) mass is 614 g/mol. The highest BCUT2D eigenvalue weighted by molar-refractivity contribution is 7.92.